The fourth-order valence-electron chi connectivity index (χ4n) is 1.67. The van der Waals surface area contributed by atoms with Gasteiger partial charge in [0.05, 0.1) is 5.69 Å². The molecule has 0 aliphatic rings. The molecule has 0 amide bonds. The maximum absolute atomic E-state index is 4.39. The molecule has 0 unspecified atom stereocenters. The van der Waals surface area contributed by atoms with Crippen molar-refractivity contribution in [2.45, 2.75) is 13.5 Å². The SMILES string of the molecule is CNCc1ccnc(-c2ccc(C)cc2)c1. The van der Waals surface area contributed by atoms with Gasteiger partial charge in [-0.1, -0.05) is 29.8 Å². The number of aryl methyl sites for hydroxylation is 1. The number of rotatable bonds is 3. The molecule has 1 aromatic heterocycles. The quantitative estimate of drug-likeness (QED) is 0.846. The van der Waals surface area contributed by atoms with Gasteiger partial charge in [0.25, 0.3) is 0 Å². The van der Waals surface area contributed by atoms with E-state index in [0.717, 1.165) is 12.2 Å². The van der Waals surface area contributed by atoms with Crippen molar-refractivity contribution < 1.29 is 0 Å². The molecule has 0 bridgehead atoms. The van der Waals surface area contributed by atoms with Gasteiger partial charge >= 0.3 is 0 Å². The lowest BCUT2D eigenvalue weighted by molar-refractivity contribution is 0.816. The zero-order valence-electron chi connectivity index (χ0n) is 9.70. The highest BCUT2D eigenvalue weighted by Crippen LogP contribution is 2.18. The van der Waals surface area contributed by atoms with Crippen LogP contribution >= 0.6 is 0 Å². The summed E-state index contributed by atoms with van der Waals surface area (Å²) in [5, 5.41) is 3.14. The molecule has 0 fully saturated rings. The summed E-state index contributed by atoms with van der Waals surface area (Å²) in [6, 6.07) is 12.6. The highest BCUT2D eigenvalue weighted by atomic mass is 14.8. The Kier molecular flexibility index (Phi) is 3.32. The van der Waals surface area contributed by atoms with Crippen LogP contribution in [0.5, 0.6) is 0 Å². The molecule has 0 saturated heterocycles. The maximum atomic E-state index is 4.39. The summed E-state index contributed by atoms with van der Waals surface area (Å²) in [5.74, 6) is 0. The third-order valence-electron chi connectivity index (χ3n) is 2.55. The molecule has 0 atom stereocenters. The van der Waals surface area contributed by atoms with Crippen LogP contribution in [-0.2, 0) is 6.54 Å². The Morgan fingerprint density at radius 3 is 2.56 bits per heavy atom. The van der Waals surface area contributed by atoms with Crippen LogP contribution in [0, 0.1) is 6.92 Å². The Labute approximate surface area is 96.4 Å². The number of aromatic nitrogens is 1. The van der Waals surface area contributed by atoms with Crippen molar-refractivity contribution in [2.75, 3.05) is 7.05 Å². The molecule has 0 saturated carbocycles. The largest absolute Gasteiger partial charge is 0.316 e. The number of pyridine rings is 1. The average molecular weight is 212 g/mol. The van der Waals surface area contributed by atoms with Gasteiger partial charge in [0.15, 0.2) is 0 Å². The van der Waals surface area contributed by atoms with E-state index in [2.05, 4.69) is 47.6 Å². The first kappa shape index (κ1) is 10.8. The van der Waals surface area contributed by atoms with Crippen molar-refractivity contribution in [3.63, 3.8) is 0 Å². The highest BCUT2D eigenvalue weighted by Gasteiger charge is 1.99. The highest BCUT2D eigenvalue weighted by molar-refractivity contribution is 5.59. The maximum Gasteiger partial charge on any atom is 0.0705 e. The van der Waals surface area contributed by atoms with Gasteiger partial charge in [0.1, 0.15) is 0 Å². The molecular formula is C14H16N2. The van der Waals surface area contributed by atoms with Crippen molar-refractivity contribution in [3.8, 4) is 11.3 Å². The molecule has 2 nitrogen and oxygen atoms in total. The van der Waals surface area contributed by atoms with Gasteiger partial charge in [-0.05, 0) is 31.7 Å². The summed E-state index contributed by atoms with van der Waals surface area (Å²) < 4.78 is 0. The minimum absolute atomic E-state index is 0.876. The Morgan fingerprint density at radius 1 is 1.12 bits per heavy atom. The molecule has 82 valence electrons. The van der Waals surface area contributed by atoms with E-state index in [-0.39, 0.29) is 0 Å². The van der Waals surface area contributed by atoms with Crippen molar-refractivity contribution >= 4 is 0 Å². The lowest BCUT2D eigenvalue weighted by atomic mass is 10.1. The van der Waals surface area contributed by atoms with E-state index in [9.17, 15) is 0 Å². The standard InChI is InChI=1S/C14H16N2/c1-11-3-5-13(6-4-11)14-9-12(10-15-2)7-8-16-14/h3-9,15H,10H2,1-2H3. The van der Waals surface area contributed by atoms with Crippen molar-refractivity contribution in [3.05, 3.63) is 53.7 Å². The van der Waals surface area contributed by atoms with Gasteiger partial charge in [0.2, 0.25) is 0 Å². The smallest absolute Gasteiger partial charge is 0.0705 e. The second-order valence-electron chi connectivity index (χ2n) is 3.95. The van der Waals surface area contributed by atoms with Crippen LogP contribution < -0.4 is 5.32 Å². The topological polar surface area (TPSA) is 24.9 Å². The Balaban J connectivity index is 2.32. The molecule has 2 aromatic rings. The van der Waals surface area contributed by atoms with E-state index < -0.39 is 0 Å². The summed E-state index contributed by atoms with van der Waals surface area (Å²) in [5.41, 5.74) is 4.74. The van der Waals surface area contributed by atoms with E-state index in [0.29, 0.717) is 0 Å². The molecule has 1 aromatic carbocycles. The zero-order valence-corrected chi connectivity index (χ0v) is 9.70. The van der Waals surface area contributed by atoms with Gasteiger partial charge in [-0.25, -0.2) is 0 Å². The molecule has 1 heterocycles. The minimum Gasteiger partial charge on any atom is -0.316 e. The van der Waals surface area contributed by atoms with E-state index in [1.54, 1.807) is 0 Å². The van der Waals surface area contributed by atoms with Crippen LogP contribution in [0.1, 0.15) is 11.1 Å². The van der Waals surface area contributed by atoms with Crippen LogP contribution in [0.3, 0.4) is 0 Å². The van der Waals surface area contributed by atoms with Gasteiger partial charge in [-0.3, -0.25) is 4.98 Å². The Hall–Kier alpha value is -1.67. The molecule has 0 aliphatic heterocycles. The first-order valence-corrected chi connectivity index (χ1v) is 5.46. The summed E-state index contributed by atoms with van der Waals surface area (Å²) in [6.07, 6.45) is 1.86. The first-order chi connectivity index (χ1) is 7.79. The monoisotopic (exact) mass is 212 g/mol. The molecule has 2 rings (SSSR count). The van der Waals surface area contributed by atoms with Crippen molar-refractivity contribution in [1.82, 2.24) is 10.3 Å². The molecule has 1 N–H and O–H groups in total. The fraction of sp³-hybridized carbons (Fsp3) is 0.214. The molecule has 0 spiro atoms. The molecule has 0 radical (unpaired) electrons. The van der Waals surface area contributed by atoms with E-state index in [4.69, 9.17) is 0 Å². The molecule has 16 heavy (non-hydrogen) atoms. The number of benzene rings is 1. The van der Waals surface area contributed by atoms with Crippen LogP contribution in [0.25, 0.3) is 11.3 Å². The third kappa shape index (κ3) is 2.47. The number of hydrogen-bond acceptors (Lipinski definition) is 2. The van der Waals surface area contributed by atoms with Crippen molar-refractivity contribution in [1.29, 1.82) is 0 Å². The summed E-state index contributed by atoms with van der Waals surface area (Å²) in [4.78, 5) is 4.39. The predicted octanol–water partition coefficient (Wildman–Crippen LogP) is 2.78. The van der Waals surface area contributed by atoms with E-state index in [1.165, 1.54) is 16.7 Å². The van der Waals surface area contributed by atoms with E-state index >= 15 is 0 Å². The van der Waals surface area contributed by atoms with Crippen LogP contribution in [0.4, 0.5) is 0 Å². The second-order valence-corrected chi connectivity index (χ2v) is 3.95. The lowest BCUT2D eigenvalue weighted by Gasteiger charge is -2.04. The van der Waals surface area contributed by atoms with Crippen LogP contribution in [-0.4, -0.2) is 12.0 Å². The fourth-order valence-corrected chi connectivity index (χ4v) is 1.67. The normalized spacial score (nSPS) is 10.4. The lowest BCUT2D eigenvalue weighted by Crippen LogP contribution is -2.05. The van der Waals surface area contributed by atoms with E-state index in [1.807, 2.05) is 19.3 Å². The molecule has 2 heteroatoms. The first-order valence-electron chi connectivity index (χ1n) is 5.46. The summed E-state index contributed by atoms with van der Waals surface area (Å²) >= 11 is 0. The van der Waals surface area contributed by atoms with Crippen LogP contribution in [0.2, 0.25) is 0 Å². The molecular weight excluding hydrogens is 196 g/mol. The Bertz CT molecular complexity index is 460. The summed E-state index contributed by atoms with van der Waals surface area (Å²) in [6.45, 7) is 2.97. The average Bonchev–Trinajstić information content (AvgIpc) is 2.31. The van der Waals surface area contributed by atoms with Gasteiger partial charge in [-0.15, -0.1) is 0 Å². The van der Waals surface area contributed by atoms with Crippen molar-refractivity contribution in [2.24, 2.45) is 0 Å². The number of nitrogens with one attached hydrogen (secondary N) is 1. The third-order valence-corrected chi connectivity index (χ3v) is 2.55. The summed E-state index contributed by atoms with van der Waals surface area (Å²) in [7, 11) is 1.95. The molecule has 0 aliphatic carbocycles. The Morgan fingerprint density at radius 2 is 1.88 bits per heavy atom. The van der Waals surface area contributed by atoms with Gasteiger partial charge in [0, 0.05) is 18.3 Å². The van der Waals surface area contributed by atoms with Gasteiger partial charge < -0.3 is 5.32 Å². The zero-order chi connectivity index (χ0) is 11.4. The minimum atomic E-state index is 0.876. The number of hydrogen-bond donors (Lipinski definition) is 1. The number of nitrogens with zero attached hydrogens (tertiary/aromatic N) is 1. The second kappa shape index (κ2) is 4.90. The van der Waals surface area contributed by atoms with Crippen LogP contribution in [0.15, 0.2) is 42.6 Å². The van der Waals surface area contributed by atoms with Gasteiger partial charge in [-0.2, -0.15) is 0 Å². The predicted molar refractivity (Wildman–Crippen MR) is 67.2 cm³/mol.